The first-order valence-electron chi connectivity index (χ1n) is 8.01. The Bertz CT molecular complexity index is 1190. The molecule has 2 N–H and O–H groups in total. The van der Waals surface area contributed by atoms with E-state index in [4.69, 9.17) is 17.3 Å². The number of benzene rings is 2. The van der Waals surface area contributed by atoms with Gasteiger partial charge in [0, 0.05) is 11.8 Å². The molecule has 2 aromatic heterocycles. The Labute approximate surface area is 162 Å². The molecule has 140 valence electrons. The van der Waals surface area contributed by atoms with E-state index in [0.717, 1.165) is 6.07 Å². The van der Waals surface area contributed by atoms with Crippen molar-refractivity contribution in [1.82, 2.24) is 19.7 Å². The van der Waals surface area contributed by atoms with Crippen molar-refractivity contribution >= 4 is 17.4 Å². The maximum atomic E-state index is 14.2. The molecule has 28 heavy (non-hydrogen) atoms. The van der Waals surface area contributed by atoms with Gasteiger partial charge in [-0.2, -0.15) is 0 Å². The summed E-state index contributed by atoms with van der Waals surface area (Å²) in [6.07, 6.45) is 2.74. The van der Waals surface area contributed by atoms with Crippen LogP contribution < -0.4 is 5.73 Å². The van der Waals surface area contributed by atoms with Crippen LogP contribution >= 0.6 is 11.6 Å². The molecular formula is C19H11ClF3N5. The van der Waals surface area contributed by atoms with Crippen molar-refractivity contribution in [1.29, 1.82) is 0 Å². The summed E-state index contributed by atoms with van der Waals surface area (Å²) in [4.78, 5) is 4.13. The van der Waals surface area contributed by atoms with Gasteiger partial charge in [0.25, 0.3) is 0 Å². The van der Waals surface area contributed by atoms with Crippen molar-refractivity contribution in [2.75, 3.05) is 5.73 Å². The molecule has 0 aliphatic carbocycles. The van der Waals surface area contributed by atoms with Crippen LogP contribution in [-0.4, -0.2) is 19.7 Å². The number of rotatable bonds is 3. The van der Waals surface area contributed by atoms with Crippen molar-refractivity contribution in [3.8, 4) is 28.2 Å². The summed E-state index contributed by atoms with van der Waals surface area (Å²) in [5.41, 5.74) is 7.44. The number of pyridine rings is 1. The van der Waals surface area contributed by atoms with Gasteiger partial charge in [0.1, 0.15) is 18.0 Å². The molecule has 4 aromatic rings. The minimum atomic E-state index is -1.04. The average molecular weight is 402 g/mol. The van der Waals surface area contributed by atoms with Crippen LogP contribution in [0.4, 0.5) is 19.0 Å². The fraction of sp³-hybridized carbons (Fsp3) is 0. The highest BCUT2D eigenvalue weighted by Gasteiger charge is 2.18. The van der Waals surface area contributed by atoms with Crippen molar-refractivity contribution in [3.05, 3.63) is 77.5 Å². The lowest BCUT2D eigenvalue weighted by Gasteiger charge is -2.11. The fourth-order valence-corrected chi connectivity index (χ4v) is 2.94. The summed E-state index contributed by atoms with van der Waals surface area (Å²) in [7, 11) is 0. The first-order valence-corrected chi connectivity index (χ1v) is 8.39. The Balaban J connectivity index is 1.86. The van der Waals surface area contributed by atoms with Gasteiger partial charge in [-0.1, -0.05) is 23.7 Å². The Morgan fingerprint density at radius 2 is 1.79 bits per heavy atom. The fourth-order valence-electron chi connectivity index (χ4n) is 2.76. The van der Waals surface area contributed by atoms with Crippen LogP contribution in [0.2, 0.25) is 5.02 Å². The second-order valence-corrected chi connectivity index (χ2v) is 6.29. The quantitative estimate of drug-likeness (QED) is 0.542. The number of nitrogens with zero attached hydrogens (tertiary/aromatic N) is 4. The summed E-state index contributed by atoms with van der Waals surface area (Å²) in [5, 5.41) is 7.72. The molecule has 5 nitrogen and oxygen atoms in total. The van der Waals surface area contributed by atoms with E-state index in [0.29, 0.717) is 16.7 Å². The molecular weight excluding hydrogens is 391 g/mol. The van der Waals surface area contributed by atoms with Gasteiger partial charge in [-0.05, 0) is 35.9 Å². The topological polar surface area (TPSA) is 69.6 Å². The maximum Gasteiger partial charge on any atom is 0.182 e. The van der Waals surface area contributed by atoms with Crippen LogP contribution in [0, 0.1) is 17.5 Å². The van der Waals surface area contributed by atoms with Crippen LogP contribution in [0.25, 0.3) is 28.2 Å². The minimum absolute atomic E-state index is 0.0409. The number of nitrogens with two attached hydrogens (primary N) is 1. The lowest BCUT2D eigenvalue weighted by Crippen LogP contribution is -2.04. The number of hydrogen-bond donors (Lipinski definition) is 1. The number of nitrogen functional groups attached to an aromatic ring is 1. The van der Waals surface area contributed by atoms with E-state index in [1.165, 1.54) is 47.4 Å². The Morgan fingerprint density at radius 3 is 2.57 bits per heavy atom. The number of aromatic nitrogens is 4. The van der Waals surface area contributed by atoms with Crippen LogP contribution in [-0.2, 0) is 0 Å². The average Bonchev–Trinajstić information content (AvgIpc) is 3.16. The van der Waals surface area contributed by atoms with Crippen molar-refractivity contribution < 1.29 is 13.2 Å². The molecule has 0 bridgehead atoms. The van der Waals surface area contributed by atoms with Crippen LogP contribution in [0.3, 0.4) is 0 Å². The third-order valence-electron chi connectivity index (χ3n) is 4.15. The molecule has 0 aliphatic rings. The Kier molecular flexibility index (Phi) is 4.48. The van der Waals surface area contributed by atoms with Crippen LogP contribution in [0.1, 0.15) is 0 Å². The maximum absolute atomic E-state index is 14.2. The van der Waals surface area contributed by atoms with Gasteiger partial charge in [-0.25, -0.2) is 18.2 Å². The number of hydrogen-bond acceptors (Lipinski definition) is 4. The zero-order chi connectivity index (χ0) is 19.8. The second kappa shape index (κ2) is 6.97. The SMILES string of the molecule is Nc1ncc(-c2ccc(F)c(Cl)c2)cc1-c1nncn1-c1cccc(F)c1F. The molecule has 9 heteroatoms. The highest BCUT2D eigenvalue weighted by Crippen LogP contribution is 2.31. The summed E-state index contributed by atoms with van der Waals surface area (Å²) < 4.78 is 42.6. The lowest BCUT2D eigenvalue weighted by atomic mass is 10.0. The predicted octanol–water partition coefficient (Wildman–Crippen LogP) is 4.65. The largest absolute Gasteiger partial charge is 0.383 e. The molecule has 2 aromatic carbocycles. The third kappa shape index (κ3) is 3.07. The van der Waals surface area contributed by atoms with E-state index in [1.807, 2.05) is 0 Å². The predicted molar refractivity (Wildman–Crippen MR) is 99.3 cm³/mol. The summed E-state index contributed by atoms with van der Waals surface area (Å²) in [5.74, 6) is -2.31. The molecule has 0 fully saturated rings. The molecule has 0 amide bonds. The molecule has 0 aliphatic heterocycles. The van der Waals surface area contributed by atoms with Crippen LogP contribution in [0.5, 0.6) is 0 Å². The zero-order valence-corrected chi connectivity index (χ0v) is 14.8. The summed E-state index contributed by atoms with van der Waals surface area (Å²) >= 11 is 5.85. The van der Waals surface area contributed by atoms with E-state index in [1.54, 1.807) is 6.07 Å². The van der Waals surface area contributed by atoms with E-state index in [2.05, 4.69) is 15.2 Å². The lowest BCUT2D eigenvalue weighted by molar-refractivity contribution is 0.504. The molecule has 0 unspecified atom stereocenters. The Hall–Kier alpha value is -3.39. The van der Waals surface area contributed by atoms with Gasteiger partial charge in [-0.15, -0.1) is 10.2 Å². The number of anilines is 1. The Morgan fingerprint density at radius 1 is 0.964 bits per heavy atom. The molecule has 2 heterocycles. The van der Waals surface area contributed by atoms with Gasteiger partial charge in [0.15, 0.2) is 17.5 Å². The van der Waals surface area contributed by atoms with Gasteiger partial charge in [0.05, 0.1) is 16.3 Å². The molecule has 0 saturated carbocycles. The van der Waals surface area contributed by atoms with Crippen molar-refractivity contribution in [3.63, 3.8) is 0 Å². The molecule has 0 saturated heterocycles. The van der Waals surface area contributed by atoms with Crippen LogP contribution in [0.15, 0.2) is 55.0 Å². The van der Waals surface area contributed by atoms with E-state index in [9.17, 15) is 13.2 Å². The molecule has 0 radical (unpaired) electrons. The normalized spacial score (nSPS) is 11.0. The summed E-state index contributed by atoms with van der Waals surface area (Å²) in [6, 6.07) is 9.63. The van der Waals surface area contributed by atoms with Crippen molar-refractivity contribution in [2.24, 2.45) is 0 Å². The minimum Gasteiger partial charge on any atom is -0.383 e. The molecule has 4 rings (SSSR count). The van der Waals surface area contributed by atoms with E-state index in [-0.39, 0.29) is 22.4 Å². The van der Waals surface area contributed by atoms with Gasteiger partial charge in [0.2, 0.25) is 0 Å². The van der Waals surface area contributed by atoms with E-state index >= 15 is 0 Å². The highest BCUT2D eigenvalue weighted by atomic mass is 35.5. The van der Waals surface area contributed by atoms with Gasteiger partial charge in [-0.3, -0.25) is 4.57 Å². The monoisotopic (exact) mass is 401 g/mol. The highest BCUT2D eigenvalue weighted by molar-refractivity contribution is 6.31. The first kappa shape index (κ1) is 18.0. The van der Waals surface area contributed by atoms with Crippen molar-refractivity contribution in [2.45, 2.75) is 0 Å². The molecule has 0 spiro atoms. The zero-order valence-electron chi connectivity index (χ0n) is 14.1. The second-order valence-electron chi connectivity index (χ2n) is 5.88. The van der Waals surface area contributed by atoms with E-state index < -0.39 is 17.5 Å². The third-order valence-corrected chi connectivity index (χ3v) is 4.44. The first-order chi connectivity index (χ1) is 13.5. The summed E-state index contributed by atoms with van der Waals surface area (Å²) in [6.45, 7) is 0. The van der Waals surface area contributed by atoms with Gasteiger partial charge < -0.3 is 5.73 Å². The standard InChI is InChI=1S/C19H11ClF3N5/c20-13-7-10(4-5-14(13)21)11-6-12(18(24)25-8-11)19-27-26-9-28(19)16-3-1-2-15(22)17(16)23/h1-9H,(H2,24,25). The molecule has 0 atom stereocenters. The smallest absolute Gasteiger partial charge is 0.182 e. The van der Waals surface area contributed by atoms with Gasteiger partial charge >= 0.3 is 0 Å². The number of halogens is 4.